The molecule has 3 rings (SSSR count). The Labute approximate surface area is 135 Å². The Kier molecular flexibility index (Phi) is 4.24. The highest BCUT2D eigenvalue weighted by Crippen LogP contribution is 2.24. The molecule has 1 amide bonds. The number of amidine groups is 1. The number of hydrogen-bond acceptors (Lipinski definition) is 3. The van der Waals surface area contributed by atoms with Gasteiger partial charge in [0.2, 0.25) is 0 Å². The predicted molar refractivity (Wildman–Crippen MR) is 91.5 cm³/mol. The van der Waals surface area contributed by atoms with Gasteiger partial charge in [-0.3, -0.25) is 4.79 Å². The summed E-state index contributed by atoms with van der Waals surface area (Å²) in [4.78, 5) is 16.6. The lowest BCUT2D eigenvalue weighted by Crippen LogP contribution is -2.24. The second-order valence-corrected chi connectivity index (χ2v) is 5.24. The fourth-order valence-electron chi connectivity index (χ4n) is 2.47. The molecular weight excluding hydrogens is 288 g/mol. The minimum absolute atomic E-state index is 0.201. The fraction of sp³-hybridized carbons (Fsp3) is 0.158. The van der Waals surface area contributed by atoms with Crippen LogP contribution in [0.4, 0.5) is 0 Å². The maximum absolute atomic E-state index is 12.2. The Morgan fingerprint density at radius 2 is 1.96 bits per heavy atom. The van der Waals surface area contributed by atoms with Crippen LogP contribution in [0.25, 0.3) is 6.08 Å². The normalized spacial score (nSPS) is 15.5. The molecule has 0 unspecified atom stereocenters. The number of amides is 1. The van der Waals surface area contributed by atoms with E-state index in [1.807, 2.05) is 48.5 Å². The topological polar surface area (TPSA) is 50.7 Å². The molecule has 0 bridgehead atoms. The second kappa shape index (κ2) is 6.48. The molecule has 0 fully saturated rings. The van der Waals surface area contributed by atoms with Crippen molar-refractivity contribution in [3.8, 4) is 5.75 Å². The first-order valence-electron chi connectivity index (χ1n) is 7.55. The molecule has 4 heteroatoms. The minimum Gasteiger partial charge on any atom is -0.496 e. The zero-order valence-electron chi connectivity index (χ0n) is 13.2. The zero-order chi connectivity index (χ0) is 16.2. The van der Waals surface area contributed by atoms with Crippen molar-refractivity contribution in [1.29, 1.82) is 0 Å². The van der Waals surface area contributed by atoms with Gasteiger partial charge in [0, 0.05) is 11.1 Å². The summed E-state index contributed by atoms with van der Waals surface area (Å²) < 4.78 is 5.38. The minimum atomic E-state index is -0.201. The van der Waals surface area contributed by atoms with Crippen LogP contribution >= 0.6 is 0 Å². The molecule has 0 saturated carbocycles. The van der Waals surface area contributed by atoms with Crippen LogP contribution in [0.5, 0.6) is 5.75 Å². The lowest BCUT2D eigenvalue weighted by molar-refractivity contribution is -0.115. The quantitative estimate of drug-likeness (QED) is 0.882. The van der Waals surface area contributed by atoms with Gasteiger partial charge in [-0.05, 0) is 30.2 Å². The number of nitrogens with zero attached hydrogens (tertiary/aromatic N) is 1. The predicted octanol–water partition coefficient (Wildman–Crippen LogP) is 3.18. The third-order valence-corrected chi connectivity index (χ3v) is 3.74. The maximum atomic E-state index is 12.2. The first kappa shape index (κ1) is 15.0. The molecule has 1 heterocycles. The van der Waals surface area contributed by atoms with E-state index in [-0.39, 0.29) is 5.91 Å². The van der Waals surface area contributed by atoms with Crippen LogP contribution in [0.3, 0.4) is 0 Å². The number of methoxy groups -OCH3 is 1. The number of hydrogen-bond donors (Lipinski definition) is 1. The molecule has 23 heavy (non-hydrogen) atoms. The summed E-state index contributed by atoms with van der Waals surface area (Å²) in [6.45, 7) is 2.09. The Hall–Kier alpha value is -2.88. The average Bonchev–Trinajstić information content (AvgIpc) is 2.96. The number of ether oxygens (including phenoxy) is 1. The molecule has 2 aromatic rings. The first-order chi connectivity index (χ1) is 11.2. The number of aliphatic imine (C=N–C) groups is 1. The van der Waals surface area contributed by atoms with Crippen LogP contribution in [-0.4, -0.2) is 18.9 Å². The summed E-state index contributed by atoms with van der Waals surface area (Å²) in [5.41, 5.74) is 3.31. The van der Waals surface area contributed by atoms with Crippen LogP contribution < -0.4 is 10.1 Å². The molecule has 116 valence electrons. The summed E-state index contributed by atoms with van der Waals surface area (Å²) >= 11 is 0. The van der Waals surface area contributed by atoms with Gasteiger partial charge < -0.3 is 10.1 Å². The Bertz CT molecular complexity index is 792. The van der Waals surface area contributed by atoms with Crippen molar-refractivity contribution >= 4 is 17.8 Å². The van der Waals surface area contributed by atoms with E-state index in [2.05, 4.69) is 17.2 Å². The van der Waals surface area contributed by atoms with E-state index in [9.17, 15) is 4.79 Å². The average molecular weight is 306 g/mol. The van der Waals surface area contributed by atoms with E-state index in [1.165, 1.54) is 5.56 Å². The molecule has 1 N–H and O–H groups in total. The van der Waals surface area contributed by atoms with Gasteiger partial charge in [0.25, 0.3) is 5.91 Å². The molecular formula is C19H18N2O2. The van der Waals surface area contributed by atoms with E-state index < -0.39 is 0 Å². The monoisotopic (exact) mass is 306 g/mol. The molecule has 0 spiro atoms. The SMILES string of the molecule is CCc1ccc(OC)c(/C=C2/N=C(c3ccccc3)NC2=O)c1. The van der Waals surface area contributed by atoms with Crippen molar-refractivity contribution in [2.24, 2.45) is 4.99 Å². The van der Waals surface area contributed by atoms with Gasteiger partial charge in [0.1, 0.15) is 17.3 Å². The van der Waals surface area contributed by atoms with Crippen LogP contribution in [-0.2, 0) is 11.2 Å². The summed E-state index contributed by atoms with van der Waals surface area (Å²) in [5.74, 6) is 1.10. The van der Waals surface area contributed by atoms with E-state index in [4.69, 9.17) is 4.74 Å². The second-order valence-electron chi connectivity index (χ2n) is 5.24. The zero-order valence-corrected chi connectivity index (χ0v) is 13.2. The van der Waals surface area contributed by atoms with E-state index >= 15 is 0 Å². The van der Waals surface area contributed by atoms with Gasteiger partial charge in [-0.25, -0.2) is 4.99 Å². The summed E-state index contributed by atoms with van der Waals surface area (Å²) in [6, 6.07) is 15.6. The van der Waals surface area contributed by atoms with Gasteiger partial charge in [0.05, 0.1) is 7.11 Å². The number of carbonyl (C=O) groups excluding carboxylic acids is 1. The Morgan fingerprint density at radius 3 is 2.65 bits per heavy atom. The third kappa shape index (κ3) is 3.16. The molecule has 0 aromatic heterocycles. The van der Waals surface area contributed by atoms with Gasteiger partial charge in [0.15, 0.2) is 0 Å². The highest BCUT2D eigenvalue weighted by atomic mass is 16.5. The van der Waals surface area contributed by atoms with Crippen molar-refractivity contribution in [1.82, 2.24) is 5.32 Å². The molecule has 4 nitrogen and oxygen atoms in total. The molecule has 1 aliphatic heterocycles. The molecule has 0 aliphatic carbocycles. The van der Waals surface area contributed by atoms with Crippen LogP contribution in [0.2, 0.25) is 0 Å². The molecule has 0 radical (unpaired) electrons. The van der Waals surface area contributed by atoms with E-state index in [1.54, 1.807) is 13.2 Å². The van der Waals surface area contributed by atoms with Gasteiger partial charge in [-0.1, -0.05) is 43.3 Å². The third-order valence-electron chi connectivity index (χ3n) is 3.74. The summed E-state index contributed by atoms with van der Waals surface area (Å²) in [7, 11) is 1.62. The fourth-order valence-corrected chi connectivity index (χ4v) is 2.47. The largest absolute Gasteiger partial charge is 0.496 e. The highest BCUT2D eigenvalue weighted by molar-refractivity contribution is 6.19. The number of carbonyl (C=O) groups is 1. The molecule has 0 saturated heterocycles. The number of benzene rings is 2. The van der Waals surface area contributed by atoms with Crippen molar-refractivity contribution in [3.05, 3.63) is 70.9 Å². The number of rotatable bonds is 4. The van der Waals surface area contributed by atoms with Crippen molar-refractivity contribution in [2.45, 2.75) is 13.3 Å². The summed E-state index contributed by atoms with van der Waals surface area (Å²) in [6.07, 6.45) is 2.69. The Morgan fingerprint density at radius 1 is 1.17 bits per heavy atom. The first-order valence-corrected chi connectivity index (χ1v) is 7.55. The lowest BCUT2D eigenvalue weighted by Gasteiger charge is -2.07. The van der Waals surface area contributed by atoms with Gasteiger partial charge in [-0.2, -0.15) is 0 Å². The van der Waals surface area contributed by atoms with Crippen LogP contribution in [0.15, 0.2) is 59.2 Å². The summed E-state index contributed by atoms with van der Waals surface area (Å²) in [5, 5.41) is 2.81. The van der Waals surface area contributed by atoms with Gasteiger partial charge in [-0.15, -0.1) is 0 Å². The standard InChI is InChI=1S/C19H18N2O2/c1-3-13-9-10-17(23-2)15(11-13)12-16-19(22)21-18(20-16)14-7-5-4-6-8-14/h4-12H,3H2,1-2H3,(H,20,21,22)/b16-12+. The van der Waals surface area contributed by atoms with Crippen molar-refractivity contribution < 1.29 is 9.53 Å². The lowest BCUT2D eigenvalue weighted by atomic mass is 10.1. The number of nitrogens with one attached hydrogen (secondary N) is 1. The van der Waals surface area contributed by atoms with Gasteiger partial charge >= 0.3 is 0 Å². The molecule has 2 aromatic carbocycles. The van der Waals surface area contributed by atoms with Crippen LogP contribution in [0, 0.1) is 0 Å². The van der Waals surface area contributed by atoms with Crippen LogP contribution in [0.1, 0.15) is 23.6 Å². The van der Waals surface area contributed by atoms with E-state index in [0.717, 1.165) is 23.3 Å². The van der Waals surface area contributed by atoms with Crippen molar-refractivity contribution in [3.63, 3.8) is 0 Å². The maximum Gasteiger partial charge on any atom is 0.275 e. The van der Waals surface area contributed by atoms with Crippen molar-refractivity contribution in [2.75, 3.05) is 7.11 Å². The molecule has 0 atom stereocenters. The number of aryl methyl sites for hydroxylation is 1. The highest BCUT2D eigenvalue weighted by Gasteiger charge is 2.21. The van der Waals surface area contributed by atoms with E-state index in [0.29, 0.717) is 11.5 Å². The smallest absolute Gasteiger partial charge is 0.275 e. The molecule has 1 aliphatic rings. The Balaban J connectivity index is 1.99.